The van der Waals surface area contributed by atoms with Gasteiger partial charge in [0, 0.05) is 28.8 Å². The van der Waals surface area contributed by atoms with Crippen molar-refractivity contribution in [2.75, 3.05) is 0 Å². The molecule has 0 saturated carbocycles. The van der Waals surface area contributed by atoms with Crippen molar-refractivity contribution in [1.29, 1.82) is 0 Å². The van der Waals surface area contributed by atoms with Gasteiger partial charge < -0.3 is 25.8 Å². The van der Waals surface area contributed by atoms with Gasteiger partial charge in [-0.05, 0) is 31.6 Å². The molecule has 0 amide bonds. The minimum absolute atomic E-state index is 0.0196. The van der Waals surface area contributed by atoms with Crippen molar-refractivity contribution >= 4 is 11.5 Å². The third-order valence-corrected chi connectivity index (χ3v) is 5.08. The number of phenols is 1. The van der Waals surface area contributed by atoms with Crippen LogP contribution in [0.15, 0.2) is 59.9 Å². The Labute approximate surface area is 163 Å². The number of aliphatic hydroxyl groups is 1. The number of aromatic hydroxyl groups is 1. The molecule has 1 aliphatic carbocycles. The Morgan fingerprint density at radius 3 is 2.46 bits per heavy atom. The molecular weight excluding hydrogens is 358 g/mol. The summed E-state index contributed by atoms with van der Waals surface area (Å²) in [6, 6.07) is 12.0. The summed E-state index contributed by atoms with van der Waals surface area (Å²) in [4.78, 5) is 11.1. The minimum atomic E-state index is -1.19. The van der Waals surface area contributed by atoms with Gasteiger partial charge in [0.05, 0.1) is 6.42 Å². The van der Waals surface area contributed by atoms with E-state index >= 15 is 0 Å². The number of hydrogen-bond acceptors (Lipinski definition) is 5. The average Bonchev–Trinajstić information content (AvgIpc) is 2.87. The number of nitrogens with two attached hydrogens (primary N) is 1. The van der Waals surface area contributed by atoms with Gasteiger partial charge in [-0.25, -0.2) is 0 Å². The Bertz CT molecular complexity index is 992. The molecule has 2 aromatic rings. The van der Waals surface area contributed by atoms with Crippen LogP contribution in [0.1, 0.15) is 30.5 Å². The maximum absolute atomic E-state index is 11.1. The lowest BCUT2D eigenvalue weighted by Crippen LogP contribution is -2.34. The van der Waals surface area contributed by atoms with Gasteiger partial charge >= 0.3 is 5.97 Å². The fraction of sp³-hybridized carbons (Fsp3) is 0.227. The number of aliphatic hydroxyl groups excluding tert-OH is 1. The fourth-order valence-electron chi connectivity index (χ4n) is 3.31. The number of hydrogen-bond donors (Lipinski definition) is 4. The first kappa shape index (κ1) is 19.5. The number of para-hydroxylation sites is 2. The summed E-state index contributed by atoms with van der Waals surface area (Å²) in [5.74, 6) is -0.623. The quantitative estimate of drug-likeness (QED) is 0.609. The predicted molar refractivity (Wildman–Crippen MR) is 106 cm³/mol. The topological polar surface area (TPSA) is 113 Å². The van der Waals surface area contributed by atoms with Gasteiger partial charge in [-0.2, -0.15) is 0 Å². The van der Waals surface area contributed by atoms with E-state index < -0.39 is 11.6 Å². The molecule has 0 bridgehead atoms. The Balaban J connectivity index is 2.04. The lowest BCUT2D eigenvalue weighted by Gasteiger charge is -2.29. The summed E-state index contributed by atoms with van der Waals surface area (Å²) >= 11 is 0. The molecule has 6 nitrogen and oxygen atoms in total. The highest BCUT2D eigenvalue weighted by molar-refractivity contribution is 5.85. The smallest absolute Gasteiger partial charge is 0.307 e. The first-order chi connectivity index (χ1) is 13.3. The molecule has 3 rings (SSSR count). The van der Waals surface area contributed by atoms with E-state index in [1.165, 1.54) is 0 Å². The maximum Gasteiger partial charge on any atom is 0.307 e. The van der Waals surface area contributed by atoms with Crippen LogP contribution >= 0.6 is 0 Å². The zero-order chi connectivity index (χ0) is 20.5. The largest absolute Gasteiger partial charge is 0.507 e. The number of benzene rings is 2. The summed E-state index contributed by atoms with van der Waals surface area (Å²) in [5, 5.41) is 30.6. The van der Waals surface area contributed by atoms with Gasteiger partial charge in [0.1, 0.15) is 17.3 Å². The third kappa shape index (κ3) is 3.34. The van der Waals surface area contributed by atoms with Crippen LogP contribution in [0, 0.1) is 0 Å². The lowest BCUT2D eigenvalue weighted by molar-refractivity contribution is -0.136. The first-order valence-corrected chi connectivity index (χ1v) is 8.90. The maximum atomic E-state index is 11.1. The SMILES string of the molecule is CC1=CC(c2cccc(CN)c2O)=C(O)C1(C)Oc1ccccc1CC(=O)O. The molecule has 0 aliphatic heterocycles. The first-order valence-electron chi connectivity index (χ1n) is 8.90. The molecule has 0 spiro atoms. The summed E-state index contributed by atoms with van der Waals surface area (Å²) < 4.78 is 6.12. The van der Waals surface area contributed by atoms with Gasteiger partial charge in [0.15, 0.2) is 5.60 Å². The average molecular weight is 381 g/mol. The molecule has 1 atom stereocenters. The zero-order valence-electron chi connectivity index (χ0n) is 15.8. The number of carbonyl (C=O) groups is 1. The summed E-state index contributed by atoms with van der Waals surface area (Å²) in [7, 11) is 0. The number of ether oxygens (including phenoxy) is 1. The zero-order valence-corrected chi connectivity index (χ0v) is 15.8. The summed E-state index contributed by atoms with van der Waals surface area (Å²) in [5.41, 5.74) is 7.20. The highest BCUT2D eigenvalue weighted by Gasteiger charge is 2.41. The number of phenolic OH excluding ortho intramolecular Hbond substituents is 1. The van der Waals surface area contributed by atoms with Crippen LogP contribution < -0.4 is 10.5 Å². The van der Waals surface area contributed by atoms with Crippen LogP contribution in [0.25, 0.3) is 5.57 Å². The van der Waals surface area contributed by atoms with Crippen LogP contribution in [0.4, 0.5) is 0 Å². The third-order valence-electron chi connectivity index (χ3n) is 5.08. The molecule has 0 fully saturated rings. The normalized spacial score (nSPS) is 18.9. The number of carboxylic acids is 1. The highest BCUT2D eigenvalue weighted by Crippen LogP contribution is 2.44. The van der Waals surface area contributed by atoms with Gasteiger partial charge in [0.2, 0.25) is 0 Å². The standard InChI is InChI=1S/C22H23NO5/c1-13-10-17(16-8-5-7-15(12-23)20(16)26)21(27)22(13,2)28-18-9-4-3-6-14(18)11-19(24)25/h3-10,26-27H,11-12,23H2,1-2H3,(H,24,25). The van der Waals surface area contributed by atoms with Crippen molar-refractivity contribution in [1.82, 2.24) is 0 Å². The Morgan fingerprint density at radius 2 is 1.79 bits per heavy atom. The van der Waals surface area contributed by atoms with E-state index in [2.05, 4.69) is 0 Å². The molecule has 1 aliphatic rings. The Morgan fingerprint density at radius 1 is 1.11 bits per heavy atom. The second-order valence-corrected chi connectivity index (χ2v) is 6.92. The molecule has 146 valence electrons. The molecule has 5 N–H and O–H groups in total. The Kier molecular flexibility index (Phi) is 5.16. The molecule has 0 heterocycles. The van der Waals surface area contributed by atoms with E-state index in [1.54, 1.807) is 55.5 Å². The van der Waals surface area contributed by atoms with E-state index in [0.717, 1.165) is 5.57 Å². The highest BCUT2D eigenvalue weighted by atomic mass is 16.5. The summed E-state index contributed by atoms with van der Waals surface area (Å²) in [6.07, 6.45) is 1.57. The molecule has 0 aromatic heterocycles. The van der Waals surface area contributed by atoms with Gasteiger partial charge in [0.25, 0.3) is 0 Å². The minimum Gasteiger partial charge on any atom is -0.507 e. The van der Waals surface area contributed by atoms with Crippen LogP contribution in [-0.2, 0) is 17.8 Å². The molecule has 0 radical (unpaired) electrons. The number of allylic oxidation sites excluding steroid dienone is 2. The van der Waals surface area contributed by atoms with Crippen LogP contribution in [0.2, 0.25) is 0 Å². The summed E-state index contributed by atoms with van der Waals surface area (Å²) in [6.45, 7) is 3.70. The second kappa shape index (κ2) is 7.40. The monoisotopic (exact) mass is 381 g/mol. The van der Waals surface area contributed by atoms with Gasteiger partial charge in [-0.15, -0.1) is 0 Å². The van der Waals surface area contributed by atoms with Crippen molar-refractivity contribution in [3.63, 3.8) is 0 Å². The van der Waals surface area contributed by atoms with Crippen molar-refractivity contribution in [3.8, 4) is 11.5 Å². The van der Waals surface area contributed by atoms with Crippen LogP contribution in [0.3, 0.4) is 0 Å². The molecule has 1 unspecified atom stereocenters. The van der Waals surface area contributed by atoms with E-state index in [9.17, 15) is 15.0 Å². The number of rotatable bonds is 6. The molecule has 28 heavy (non-hydrogen) atoms. The molecule has 6 heteroatoms. The number of aliphatic carboxylic acids is 1. The van der Waals surface area contributed by atoms with E-state index in [0.29, 0.717) is 28.0 Å². The van der Waals surface area contributed by atoms with Crippen molar-refractivity contribution in [3.05, 3.63) is 76.6 Å². The van der Waals surface area contributed by atoms with Crippen LogP contribution in [0.5, 0.6) is 11.5 Å². The van der Waals surface area contributed by atoms with E-state index in [1.807, 2.05) is 6.92 Å². The predicted octanol–water partition coefficient (Wildman–Crippen LogP) is 3.54. The lowest BCUT2D eigenvalue weighted by atomic mass is 9.97. The van der Waals surface area contributed by atoms with Crippen molar-refractivity contribution in [2.45, 2.75) is 32.4 Å². The van der Waals surface area contributed by atoms with Crippen LogP contribution in [-0.4, -0.2) is 26.9 Å². The molecular formula is C22H23NO5. The molecule has 2 aromatic carbocycles. The fourth-order valence-corrected chi connectivity index (χ4v) is 3.31. The van der Waals surface area contributed by atoms with Crippen molar-refractivity contribution < 1.29 is 24.9 Å². The Hall–Kier alpha value is -3.25. The van der Waals surface area contributed by atoms with E-state index in [4.69, 9.17) is 15.6 Å². The van der Waals surface area contributed by atoms with Crippen molar-refractivity contribution in [2.24, 2.45) is 5.73 Å². The van der Waals surface area contributed by atoms with Gasteiger partial charge in [-0.3, -0.25) is 4.79 Å². The second-order valence-electron chi connectivity index (χ2n) is 6.92. The van der Waals surface area contributed by atoms with Gasteiger partial charge in [-0.1, -0.05) is 36.4 Å². The molecule has 0 saturated heterocycles. The van der Waals surface area contributed by atoms with E-state index in [-0.39, 0.29) is 24.5 Å². The number of carboxylic acid groups (broad SMARTS) is 1.